The highest BCUT2D eigenvalue weighted by molar-refractivity contribution is 5.76. The number of hydrogen-bond donors (Lipinski definition) is 0. The molecule has 0 saturated carbocycles. The second-order valence-electron chi connectivity index (χ2n) is 3.81. The van der Waals surface area contributed by atoms with Gasteiger partial charge in [-0.05, 0) is 18.2 Å². The molecule has 0 saturated heterocycles. The first-order chi connectivity index (χ1) is 7.08. The van der Waals surface area contributed by atoms with Crippen molar-refractivity contribution in [1.29, 1.82) is 0 Å². The lowest BCUT2D eigenvalue weighted by atomic mass is 10.1. The standard InChI is InChI=1S/C12H11FO2/c1-7(2)12-6-10(14)9-5-8(13)3-4-11(9)15-12/h3-7H,1-2H3. The molecule has 0 spiro atoms. The van der Waals surface area contributed by atoms with Gasteiger partial charge >= 0.3 is 0 Å². The highest BCUT2D eigenvalue weighted by Crippen LogP contribution is 2.18. The Labute approximate surface area is 86.3 Å². The zero-order valence-electron chi connectivity index (χ0n) is 8.58. The molecule has 0 fully saturated rings. The van der Waals surface area contributed by atoms with Crippen molar-refractivity contribution >= 4 is 11.0 Å². The molecule has 0 aliphatic carbocycles. The average Bonchev–Trinajstić information content (AvgIpc) is 2.18. The maximum atomic E-state index is 12.9. The molecular weight excluding hydrogens is 195 g/mol. The van der Waals surface area contributed by atoms with E-state index in [0.717, 1.165) is 0 Å². The minimum Gasteiger partial charge on any atom is -0.461 e. The van der Waals surface area contributed by atoms with Crippen molar-refractivity contribution in [3.8, 4) is 0 Å². The molecule has 15 heavy (non-hydrogen) atoms. The summed E-state index contributed by atoms with van der Waals surface area (Å²) in [6, 6.07) is 5.39. The third-order valence-electron chi connectivity index (χ3n) is 2.28. The Morgan fingerprint density at radius 2 is 2.00 bits per heavy atom. The molecule has 0 atom stereocenters. The summed E-state index contributed by atoms with van der Waals surface area (Å²) in [5.74, 6) is 0.346. The predicted molar refractivity (Wildman–Crippen MR) is 56.5 cm³/mol. The molecule has 78 valence electrons. The van der Waals surface area contributed by atoms with Gasteiger partial charge in [-0.1, -0.05) is 13.8 Å². The Morgan fingerprint density at radius 3 is 2.67 bits per heavy atom. The highest BCUT2D eigenvalue weighted by atomic mass is 19.1. The SMILES string of the molecule is CC(C)c1cc(=O)c2cc(F)ccc2o1. The minimum absolute atomic E-state index is 0.146. The van der Waals surface area contributed by atoms with Gasteiger partial charge in [0.05, 0.1) is 5.39 Å². The van der Waals surface area contributed by atoms with Crippen molar-refractivity contribution in [2.75, 3.05) is 0 Å². The normalized spacial score (nSPS) is 11.2. The molecule has 1 heterocycles. The molecule has 3 heteroatoms. The van der Waals surface area contributed by atoms with Gasteiger partial charge in [0.25, 0.3) is 0 Å². The fourth-order valence-electron chi connectivity index (χ4n) is 1.43. The van der Waals surface area contributed by atoms with E-state index < -0.39 is 5.82 Å². The van der Waals surface area contributed by atoms with Crippen LogP contribution in [0.25, 0.3) is 11.0 Å². The average molecular weight is 206 g/mol. The summed E-state index contributed by atoms with van der Waals surface area (Å²) in [5.41, 5.74) is 0.243. The van der Waals surface area contributed by atoms with Gasteiger partial charge in [0.15, 0.2) is 5.43 Å². The van der Waals surface area contributed by atoms with Crippen LogP contribution in [0.15, 0.2) is 33.5 Å². The van der Waals surface area contributed by atoms with Gasteiger partial charge in [-0.15, -0.1) is 0 Å². The molecule has 0 bridgehead atoms. The van der Waals surface area contributed by atoms with Crippen molar-refractivity contribution < 1.29 is 8.81 Å². The first-order valence-corrected chi connectivity index (χ1v) is 4.81. The third kappa shape index (κ3) is 1.77. The summed E-state index contributed by atoms with van der Waals surface area (Å²) in [4.78, 5) is 11.6. The number of fused-ring (bicyclic) bond motifs is 1. The quantitative estimate of drug-likeness (QED) is 0.717. The van der Waals surface area contributed by atoms with Crippen LogP contribution in [-0.2, 0) is 0 Å². The van der Waals surface area contributed by atoms with Gasteiger partial charge in [0.1, 0.15) is 17.2 Å². The van der Waals surface area contributed by atoms with E-state index in [0.29, 0.717) is 16.7 Å². The smallest absolute Gasteiger partial charge is 0.193 e. The van der Waals surface area contributed by atoms with Crippen molar-refractivity contribution in [1.82, 2.24) is 0 Å². The van der Waals surface area contributed by atoms with Crippen molar-refractivity contribution in [3.63, 3.8) is 0 Å². The van der Waals surface area contributed by atoms with Crippen LogP contribution in [0.4, 0.5) is 4.39 Å². The first-order valence-electron chi connectivity index (χ1n) is 4.81. The summed E-state index contributed by atoms with van der Waals surface area (Å²) in [7, 11) is 0. The molecule has 2 aromatic rings. The van der Waals surface area contributed by atoms with E-state index in [1.54, 1.807) is 0 Å². The molecule has 0 N–H and O–H groups in total. The Morgan fingerprint density at radius 1 is 1.27 bits per heavy atom. The van der Waals surface area contributed by atoms with Gasteiger partial charge in [-0.2, -0.15) is 0 Å². The molecule has 2 rings (SSSR count). The number of rotatable bonds is 1. The number of hydrogen-bond acceptors (Lipinski definition) is 2. The van der Waals surface area contributed by atoms with Crippen LogP contribution in [0.5, 0.6) is 0 Å². The fraction of sp³-hybridized carbons (Fsp3) is 0.250. The van der Waals surface area contributed by atoms with Gasteiger partial charge in [-0.3, -0.25) is 4.79 Å². The molecule has 0 amide bonds. The molecule has 0 aliphatic rings. The molecular formula is C12H11FO2. The lowest BCUT2D eigenvalue weighted by molar-refractivity contribution is 0.508. The maximum absolute atomic E-state index is 12.9. The van der Waals surface area contributed by atoms with Crippen LogP contribution in [0, 0.1) is 5.82 Å². The van der Waals surface area contributed by atoms with E-state index in [-0.39, 0.29) is 11.3 Å². The van der Waals surface area contributed by atoms with Gasteiger partial charge in [0.2, 0.25) is 0 Å². The highest BCUT2D eigenvalue weighted by Gasteiger charge is 2.08. The van der Waals surface area contributed by atoms with Crippen LogP contribution >= 0.6 is 0 Å². The van der Waals surface area contributed by atoms with Crippen LogP contribution < -0.4 is 5.43 Å². The van der Waals surface area contributed by atoms with E-state index in [1.165, 1.54) is 24.3 Å². The van der Waals surface area contributed by atoms with Gasteiger partial charge in [0, 0.05) is 12.0 Å². The Bertz CT molecular complexity index is 555. The number of halogens is 1. The molecule has 0 unspecified atom stereocenters. The van der Waals surface area contributed by atoms with Crippen LogP contribution in [0.3, 0.4) is 0 Å². The first kappa shape index (κ1) is 9.90. The van der Waals surface area contributed by atoms with Crippen LogP contribution in [0.1, 0.15) is 25.5 Å². The number of benzene rings is 1. The van der Waals surface area contributed by atoms with E-state index >= 15 is 0 Å². The second kappa shape index (κ2) is 3.50. The van der Waals surface area contributed by atoms with E-state index in [4.69, 9.17) is 4.42 Å². The summed E-state index contributed by atoms with van der Waals surface area (Å²) in [5, 5.41) is 0.291. The Hall–Kier alpha value is -1.64. The van der Waals surface area contributed by atoms with Gasteiger partial charge in [-0.25, -0.2) is 4.39 Å². The van der Waals surface area contributed by atoms with Crippen molar-refractivity contribution in [2.45, 2.75) is 19.8 Å². The topological polar surface area (TPSA) is 30.2 Å². The second-order valence-corrected chi connectivity index (χ2v) is 3.81. The molecule has 2 nitrogen and oxygen atoms in total. The monoisotopic (exact) mass is 206 g/mol. The summed E-state index contributed by atoms with van der Waals surface area (Å²) in [6.45, 7) is 3.88. The zero-order valence-corrected chi connectivity index (χ0v) is 8.58. The maximum Gasteiger partial charge on any atom is 0.193 e. The Kier molecular flexibility index (Phi) is 2.31. The largest absolute Gasteiger partial charge is 0.461 e. The molecule has 0 radical (unpaired) electrons. The third-order valence-corrected chi connectivity index (χ3v) is 2.28. The van der Waals surface area contributed by atoms with Crippen LogP contribution in [0.2, 0.25) is 0 Å². The molecule has 1 aromatic heterocycles. The summed E-state index contributed by atoms with van der Waals surface area (Å²) in [6.07, 6.45) is 0. The Balaban J connectivity index is 2.79. The summed E-state index contributed by atoms with van der Waals surface area (Å²) < 4.78 is 18.4. The fourth-order valence-corrected chi connectivity index (χ4v) is 1.43. The van der Waals surface area contributed by atoms with E-state index in [1.807, 2.05) is 13.8 Å². The minimum atomic E-state index is -0.424. The molecule has 1 aromatic carbocycles. The lowest BCUT2D eigenvalue weighted by Crippen LogP contribution is -2.03. The lowest BCUT2D eigenvalue weighted by Gasteiger charge is -2.05. The summed E-state index contributed by atoms with van der Waals surface area (Å²) >= 11 is 0. The molecule has 0 aliphatic heterocycles. The van der Waals surface area contributed by atoms with E-state index in [2.05, 4.69) is 0 Å². The zero-order chi connectivity index (χ0) is 11.0. The van der Waals surface area contributed by atoms with Crippen molar-refractivity contribution in [2.24, 2.45) is 0 Å². The predicted octanol–water partition coefficient (Wildman–Crippen LogP) is 3.06. The van der Waals surface area contributed by atoms with Crippen LogP contribution in [-0.4, -0.2) is 0 Å². The van der Waals surface area contributed by atoms with Crippen molar-refractivity contribution in [3.05, 3.63) is 46.1 Å². The van der Waals surface area contributed by atoms with E-state index in [9.17, 15) is 9.18 Å². The van der Waals surface area contributed by atoms with Gasteiger partial charge < -0.3 is 4.42 Å².